The number of fused-ring (bicyclic) bond motifs is 1. The first-order chi connectivity index (χ1) is 5.40. The Hall–Kier alpha value is -0.500. The van der Waals surface area contributed by atoms with E-state index in [0.717, 1.165) is 5.92 Å². The maximum Gasteiger partial charge on any atom is 0.0578 e. The van der Waals surface area contributed by atoms with Crippen LogP contribution >= 0.6 is 0 Å². The summed E-state index contributed by atoms with van der Waals surface area (Å²) in [6.45, 7) is 0. The molecule has 2 rings (SSSR count). The lowest BCUT2D eigenvalue weighted by Crippen LogP contribution is -2.35. The summed E-state index contributed by atoms with van der Waals surface area (Å²) in [5.41, 5.74) is 0. The van der Waals surface area contributed by atoms with E-state index in [-0.39, 0.29) is 0 Å². The van der Waals surface area contributed by atoms with Crippen molar-refractivity contribution in [2.75, 3.05) is 7.11 Å². The zero-order chi connectivity index (χ0) is 7.68. The summed E-state index contributed by atoms with van der Waals surface area (Å²) < 4.78 is 5.34. The van der Waals surface area contributed by atoms with E-state index in [0.29, 0.717) is 12.1 Å². The minimum atomic E-state index is 0.501. The molecule has 3 atom stereocenters. The van der Waals surface area contributed by atoms with Crippen LogP contribution in [0.1, 0.15) is 19.3 Å². The molecule has 0 amide bonds. The van der Waals surface area contributed by atoms with Gasteiger partial charge in [0.05, 0.1) is 6.10 Å². The van der Waals surface area contributed by atoms with Gasteiger partial charge in [0.15, 0.2) is 0 Å². The van der Waals surface area contributed by atoms with Gasteiger partial charge >= 0.3 is 0 Å². The Kier molecular flexibility index (Phi) is 1.86. The molecule has 1 heterocycles. The van der Waals surface area contributed by atoms with Crippen LogP contribution in [-0.4, -0.2) is 19.3 Å². The lowest BCUT2D eigenvalue weighted by atomic mass is 9.84. The van der Waals surface area contributed by atoms with Gasteiger partial charge in [0, 0.05) is 19.1 Å². The van der Waals surface area contributed by atoms with E-state index in [1.54, 1.807) is 0 Å². The van der Waals surface area contributed by atoms with Gasteiger partial charge in [-0.05, 0) is 25.5 Å². The molecule has 0 spiro atoms. The first kappa shape index (κ1) is 7.17. The van der Waals surface area contributed by atoms with Crippen LogP contribution in [0.5, 0.6) is 0 Å². The molecule has 2 aliphatic rings. The molecule has 0 bridgehead atoms. The van der Waals surface area contributed by atoms with E-state index >= 15 is 0 Å². The van der Waals surface area contributed by atoms with Crippen LogP contribution in [0.15, 0.2) is 12.3 Å². The van der Waals surface area contributed by atoms with E-state index in [2.05, 4.69) is 17.6 Å². The lowest BCUT2D eigenvalue weighted by molar-refractivity contribution is 0.0524. The zero-order valence-corrected chi connectivity index (χ0v) is 6.92. The fourth-order valence-electron chi connectivity index (χ4n) is 2.10. The smallest absolute Gasteiger partial charge is 0.0578 e. The van der Waals surface area contributed by atoms with Gasteiger partial charge in [-0.1, -0.05) is 6.08 Å². The molecule has 1 fully saturated rings. The molecule has 0 aromatic heterocycles. The highest BCUT2D eigenvalue weighted by molar-refractivity contribution is 5.05. The molecule has 11 heavy (non-hydrogen) atoms. The summed E-state index contributed by atoms with van der Waals surface area (Å²) in [5.74, 6) is 0.730. The van der Waals surface area contributed by atoms with Gasteiger partial charge in [-0.3, -0.25) is 0 Å². The lowest BCUT2D eigenvalue weighted by Gasteiger charge is -2.30. The number of rotatable bonds is 1. The SMILES string of the molecule is COC1CCC2NC=CC2C1. The summed E-state index contributed by atoms with van der Waals surface area (Å²) in [7, 11) is 1.82. The van der Waals surface area contributed by atoms with Crippen molar-refractivity contribution in [1.29, 1.82) is 0 Å². The minimum Gasteiger partial charge on any atom is -0.388 e. The van der Waals surface area contributed by atoms with Gasteiger partial charge in [-0.25, -0.2) is 0 Å². The first-order valence-electron chi connectivity index (χ1n) is 4.35. The molecule has 2 nitrogen and oxygen atoms in total. The third kappa shape index (κ3) is 1.27. The second-order valence-electron chi connectivity index (χ2n) is 3.47. The van der Waals surface area contributed by atoms with Crippen molar-refractivity contribution in [3.63, 3.8) is 0 Å². The standard InChI is InChI=1S/C9H15NO/c1-11-8-2-3-9-7(6-8)4-5-10-9/h4-5,7-10H,2-3,6H2,1H3. The molecular weight excluding hydrogens is 138 g/mol. The third-order valence-corrected chi connectivity index (χ3v) is 2.84. The van der Waals surface area contributed by atoms with Crippen molar-refractivity contribution in [2.45, 2.75) is 31.4 Å². The molecule has 0 saturated heterocycles. The number of hydrogen-bond donors (Lipinski definition) is 1. The van der Waals surface area contributed by atoms with Gasteiger partial charge in [-0.2, -0.15) is 0 Å². The predicted molar refractivity (Wildman–Crippen MR) is 44.2 cm³/mol. The quantitative estimate of drug-likeness (QED) is 0.613. The van der Waals surface area contributed by atoms with Crippen molar-refractivity contribution in [3.05, 3.63) is 12.3 Å². The normalized spacial score (nSPS) is 41.7. The Morgan fingerprint density at radius 3 is 3.18 bits per heavy atom. The van der Waals surface area contributed by atoms with Crippen LogP contribution < -0.4 is 5.32 Å². The number of nitrogens with one attached hydrogen (secondary N) is 1. The zero-order valence-electron chi connectivity index (χ0n) is 6.92. The van der Waals surface area contributed by atoms with Crippen LogP contribution in [0.4, 0.5) is 0 Å². The minimum absolute atomic E-state index is 0.501. The van der Waals surface area contributed by atoms with Gasteiger partial charge in [0.1, 0.15) is 0 Å². The van der Waals surface area contributed by atoms with E-state index in [9.17, 15) is 0 Å². The Morgan fingerprint density at radius 1 is 1.45 bits per heavy atom. The Labute approximate surface area is 67.6 Å². The summed E-state index contributed by atoms with van der Waals surface area (Å²) in [5, 5.41) is 3.37. The molecule has 1 saturated carbocycles. The fourth-order valence-corrected chi connectivity index (χ4v) is 2.10. The topological polar surface area (TPSA) is 21.3 Å². The second-order valence-corrected chi connectivity index (χ2v) is 3.47. The molecular formula is C9H15NO. The second kappa shape index (κ2) is 2.86. The molecule has 62 valence electrons. The van der Waals surface area contributed by atoms with Crippen LogP contribution in [0.3, 0.4) is 0 Å². The third-order valence-electron chi connectivity index (χ3n) is 2.84. The van der Waals surface area contributed by atoms with Gasteiger partial charge in [0.25, 0.3) is 0 Å². The maximum atomic E-state index is 5.34. The molecule has 1 N–H and O–H groups in total. The molecule has 1 aliphatic carbocycles. The largest absolute Gasteiger partial charge is 0.388 e. The Morgan fingerprint density at radius 2 is 2.36 bits per heavy atom. The van der Waals surface area contributed by atoms with Gasteiger partial charge in [-0.15, -0.1) is 0 Å². The highest BCUT2D eigenvalue weighted by atomic mass is 16.5. The van der Waals surface area contributed by atoms with E-state index in [1.165, 1.54) is 19.3 Å². The number of methoxy groups -OCH3 is 1. The van der Waals surface area contributed by atoms with Crippen LogP contribution in [-0.2, 0) is 4.74 Å². The van der Waals surface area contributed by atoms with Crippen molar-refractivity contribution in [1.82, 2.24) is 5.32 Å². The van der Waals surface area contributed by atoms with E-state index in [1.807, 2.05) is 7.11 Å². The van der Waals surface area contributed by atoms with Crippen LogP contribution in [0.2, 0.25) is 0 Å². The van der Waals surface area contributed by atoms with Crippen molar-refractivity contribution >= 4 is 0 Å². The number of ether oxygens (including phenoxy) is 1. The molecule has 0 aromatic rings. The van der Waals surface area contributed by atoms with Crippen LogP contribution in [0, 0.1) is 5.92 Å². The number of hydrogen-bond acceptors (Lipinski definition) is 2. The average molecular weight is 153 g/mol. The molecule has 0 aromatic carbocycles. The summed E-state index contributed by atoms with van der Waals surface area (Å²) in [6, 6.07) is 0.710. The van der Waals surface area contributed by atoms with E-state index in [4.69, 9.17) is 4.74 Å². The maximum absolute atomic E-state index is 5.34. The van der Waals surface area contributed by atoms with Crippen LogP contribution in [0.25, 0.3) is 0 Å². The Balaban J connectivity index is 1.95. The van der Waals surface area contributed by atoms with Gasteiger partial charge in [0.2, 0.25) is 0 Å². The summed E-state index contributed by atoms with van der Waals surface area (Å²) in [6.07, 6.45) is 8.54. The first-order valence-corrected chi connectivity index (χ1v) is 4.35. The van der Waals surface area contributed by atoms with Crippen molar-refractivity contribution in [2.24, 2.45) is 5.92 Å². The highest BCUT2D eigenvalue weighted by Gasteiger charge is 2.30. The monoisotopic (exact) mass is 153 g/mol. The summed E-state index contributed by atoms with van der Waals surface area (Å²) >= 11 is 0. The molecule has 2 heteroatoms. The van der Waals surface area contributed by atoms with Gasteiger partial charge < -0.3 is 10.1 Å². The highest BCUT2D eigenvalue weighted by Crippen LogP contribution is 2.29. The van der Waals surface area contributed by atoms with Crippen molar-refractivity contribution < 1.29 is 4.74 Å². The fraction of sp³-hybridized carbons (Fsp3) is 0.778. The predicted octanol–water partition coefficient (Wildman–Crippen LogP) is 1.29. The van der Waals surface area contributed by atoms with E-state index < -0.39 is 0 Å². The Bertz CT molecular complexity index is 167. The molecule has 1 aliphatic heterocycles. The molecule has 0 radical (unpaired) electrons. The van der Waals surface area contributed by atoms with Crippen molar-refractivity contribution in [3.8, 4) is 0 Å². The molecule has 3 unspecified atom stereocenters. The average Bonchev–Trinajstić information content (AvgIpc) is 2.50. The summed E-state index contributed by atoms with van der Waals surface area (Å²) in [4.78, 5) is 0.